The summed E-state index contributed by atoms with van der Waals surface area (Å²) in [7, 11) is 0. The number of alkyl halides is 3. The van der Waals surface area contributed by atoms with E-state index in [1.54, 1.807) is 0 Å². The molecule has 1 heterocycles. The molecule has 0 atom stereocenters. The van der Waals surface area contributed by atoms with Crippen molar-refractivity contribution in [3.63, 3.8) is 0 Å². The van der Waals surface area contributed by atoms with Crippen molar-refractivity contribution in [2.75, 3.05) is 13.2 Å². The number of esters is 1. The number of carbonyl (C=O) groups is 1. The monoisotopic (exact) mass is 207 g/mol. The Kier molecular flexibility index (Phi) is 2.93. The predicted molar refractivity (Wildman–Crippen MR) is 43.1 cm³/mol. The molecule has 0 spiro atoms. The first-order valence-electron chi connectivity index (χ1n) is 3.96. The summed E-state index contributed by atoms with van der Waals surface area (Å²) in [5, 5.41) is 0. The Balaban J connectivity index is 2.82. The number of hydrogen-bond acceptors (Lipinski definition) is 3. The second-order valence-corrected chi connectivity index (χ2v) is 2.53. The van der Waals surface area contributed by atoms with Gasteiger partial charge in [-0.05, 0) is 13.0 Å². The van der Waals surface area contributed by atoms with Crippen LogP contribution in [-0.2, 0) is 9.53 Å². The van der Waals surface area contributed by atoms with Crippen LogP contribution in [0.25, 0.3) is 0 Å². The first-order valence-corrected chi connectivity index (χ1v) is 3.96. The van der Waals surface area contributed by atoms with Gasteiger partial charge in [-0.25, -0.2) is 4.79 Å². The highest BCUT2D eigenvalue weighted by Gasteiger charge is 2.42. The molecular weight excluding hydrogens is 199 g/mol. The lowest BCUT2D eigenvalue weighted by molar-refractivity contribution is -0.138. The highest BCUT2D eigenvalue weighted by Crippen LogP contribution is 2.25. The van der Waals surface area contributed by atoms with Crippen LogP contribution in [0, 0.1) is 0 Å². The molecule has 0 saturated heterocycles. The Morgan fingerprint density at radius 3 is 2.79 bits per heavy atom. The van der Waals surface area contributed by atoms with Crippen LogP contribution in [0.15, 0.2) is 16.6 Å². The van der Waals surface area contributed by atoms with E-state index in [4.69, 9.17) is 0 Å². The summed E-state index contributed by atoms with van der Waals surface area (Å²) in [6.07, 6.45) is -3.48. The molecule has 0 fully saturated rings. The summed E-state index contributed by atoms with van der Waals surface area (Å²) < 4.78 is 41.2. The number of rotatable bonds is 2. The van der Waals surface area contributed by atoms with Crippen LogP contribution in [0.2, 0.25) is 0 Å². The van der Waals surface area contributed by atoms with E-state index in [2.05, 4.69) is 9.73 Å². The van der Waals surface area contributed by atoms with Gasteiger partial charge in [0.05, 0.1) is 18.7 Å². The molecule has 0 aromatic rings. The smallest absolute Gasteiger partial charge is 0.433 e. The lowest BCUT2D eigenvalue weighted by Gasteiger charge is -2.09. The molecular formula is C8H8F3NO2. The lowest BCUT2D eigenvalue weighted by Crippen LogP contribution is -2.27. The summed E-state index contributed by atoms with van der Waals surface area (Å²) in [6, 6.07) is 0. The van der Waals surface area contributed by atoms with Gasteiger partial charge in [-0.1, -0.05) is 0 Å². The number of aliphatic imine (C=N–C) groups is 1. The van der Waals surface area contributed by atoms with Gasteiger partial charge in [0.2, 0.25) is 0 Å². The van der Waals surface area contributed by atoms with E-state index < -0.39 is 23.4 Å². The van der Waals surface area contributed by atoms with Crippen molar-refractivity contribution in [3.8, 4) is 0 Å². The maximum absolute atomic E-state index is 12.2. The molecule has 1 rings (SSSR count). The summed E-state index contributed by atoms with van der Waals surface area (Å²) in [5.74, 6) is -0.971. The maximum atomic E-state index is 12.2. The summed E-state index contributed by atoms with van der Waals surface area (Å²) in [4.78, 5) is 14.2. The lowest BCUT2D eigenvalue weighted by atomic mass is 10.1. The van der Waals surface area contributed by atoms with Crippen LogP contribution < -0.4 is 0 Å². The number of ether oxygens (including phenoxy) is 1. The van der Waals surface area contributed by atoms with Crippen molar-refractivity contribution >= 4 is 11.7 Å². The van der Waals surface area contributed by atoms with E-state index in [0.717, 1.165) is 6.08 Å². The van der Waals surface area contributed by atoms with E-state index in [1.807, 2.05) is 0 Å². The van der Waals surface area contributed by atoms with E-state index in [1.165, 1.54) is 6.92 Å². The van der Waals surface area contributed by atoms with Gasteiger partial charge in [-0.15, -0.1) is 0 Å². The molecule has 0 aliphatic carbocycles. The summed E-state index contributed by atoms with van der Waals surface area (Å²) >= 11 is 0. The second-order valence-electron chi connectivity index (χ2n) is 2.53. The zero-order valence-corrected chi connectivity index (χ0v) is 7.39. The third-order valence-electron chi connectivity index (χ3n) is 1.56. The molecule has 0 N–H and O–H groups in total. The van der Waals surface area contributed by atoms with Gasteiger partial charge in [-0.2, -0.15) is 13.2 Å². The fraction of sp³-hybridized carbons (Fsp3) is 0.500. The van der Waals surface area contributed by atoms with Crippen LogP contribution in [-0.4, -0.2) is 31.0 Å². The van der Waals surface area contributed by atoms with Gasteiger partial charge in [0.25, 0.3) is 0 Å². The fourth-order valence-electron chi connectivity index (χ4n) is 1.04. The predicted octanol–water partition coefficient (Wildman–Crippen LogP) is 1.49. The topological polar surface area (TPSA) is 38.7 Å². The SMILES string of the molecule is CCOC(=O)C1=CCN=C1C(F)(F)F. The highest BCUT2D eigenvalue weighted by molar-refractivity contribution is 6.23. The van der Waals surface area contributed by atoms with Crippen LogP contribution in [0.1, 0.15) is 6.92 Å². The minimum atomic E-state index is -4.59. The molecule has 14 heavy (non-hydrogen) atoms. The average Bonchev–Trinajstić information content (AvgIpc) is 2.50. The maximum Gasteiger partial charge on any atom is 0.433 e. The molecule has 0 aromatic heterocycles. The van der Waals surface area contributed by atoms with Crippen molar-refractivity contribution in [1.82, 2.24) is 0 Å². The molecule has 0 bridgehead atoms. The quantitative estimate of drug-likeness (QED) is 0.643. The van der Waals surface area contributed by atoms with Crippen molar-refractivity contribution in [2.45, 2.75) is 13.1 Å². The Bertz CT molecular complexity index is 304. The van der Waals surface area contributed by atoms with Crippen molar-refractivity contribution in [1.29, 1.82) is 0 Å². The molecule has 0 radical (unpaired) electrons. The first kappa shape index (κ1) is 10.7. The molecule has 0 unspecified atom stereocenters. The molecule has 6 heteroatoms. The van der Waals surface area contributed by atoms with E-state index >= 15 is 0 Å². The molecule has 0 aromatic carbocycles. The van der Waals surface area contributed by atoms with Crippen LogP contribution in [0.5, 0.6) is 0 Å². The average molecular weight is 207 g/mol. The van der Waals surface area contributed by atoms with E-state index in [0.29, 0.717) is 0 Å². The zero-order chi connectivity index (χ0) is 10.8. The summed E-state index contributed by atoms with van der Waals surface area (Å²) in [5.41, 5.74) is -1.63. The normalized spacial score (nSPS) is 16.3. The standard InChI is InChI=1S/C8H8F3NO2/c1-2-14-7(13)5-3-4-12-6(5)8(9,10)11/h3H,2,4H2,1H3. The molecule has 0 amide bonds. The van der Waals surface area contributed by atoms with Gasteiger partial charge in [0, 0.05) is 0 Å². The minimum Gasteiger partial charge on any atom is -0.462 e. The Hall–Kier alpha value is -1.33. The van der Waals surface area contributed by atoms with E-state index in [9.17, 15) is 18.0 Å². The number of halogens is 3. The summed E-state index contributed by atoms with van der Waals surface area (Å²) in [6.45, 7) is 1.45. The van der Waals surface area contributed by atoms with Crippen molar-refractivity contribution in [3.05, 3.63) is 11.6 Å². The Labute approximate surface area is 78.3 Å². The molecule has 1 aliphatic heterocycles. The minimum absolute atomic E-state index is 0.0430. The second kappa shape index (κ2) is 3.81. The largest absolute Gasteiger partial charge is 0.462 e. The number of nitrogens with zero attached hydrogens (tertiary/aromatic N) is 1. The number of carbonyl (C=O) groups excluding carboxylic acids is 1. The first-order chi connectivity index (χ1) is 6.46. The van der Waals surface area contributed by atoms with Crippen LogP contribution in [0.4, 0.5) is 13.2 Å². The zero-order valence-electron chi connectivity index (χ0n) is 7.39. The third-order valence-corrected chi connectivity index (χ3v) is 1.56. The van der Waals surface area contributed by atoms with Gasteiger partial charge >= 0.3 is 12.1 Å². The Morgan fingerprint density at radius 1 is 1.64 bits per heavy atom. The molecule has 3 nitrogen and oxygen atoms in total. The molecule has 0 saturated carbocycles. The Morgan fingerprint density at radius 2 is 2.29 bits per heavy atom. The van der Waals surface area contributed by atoms with E-state index in [-0.39, 0.29) is 13.2 Å². The van der Waals surface area contributed by atoms with Gasteiger partial charge in [0.15, 0.2) is 5.71 Å². The van der Waals surface area contributed by atoms with Gasteiger partial charge in [-0.3, -0.25) is 4.99 Å². The third kappa shape index (κ3) is 2.12. The highest BCUT2D eigenvalue weighted by atomic mass is 19.4. The molecule has 1 aliphatic rings. The fourth-order valence-corrected chi connectivity index (χ4v) is 1.04. The van der Waals surface area contributed by atoms with Crippen LogP contribution >= 0.6 is 0 Å². The number of hydrogen-bond donors (Lipinski definition) is 0. The van der Waals surface area contributed by atoms with Gasteiger partial charge < -0.3 is 4.74 Å². The van der Waals surface area contributed by atoms with Gasteiger partial charge in [0.1, 0.15) is 0 Å². The van der Waals surface area contributed by atoms with Crippen molar-refractivity contribution in [2.24, 2.45) is 4.99 Å². The molecule has 78 valence electrons. The van der Waals surface area contributed by atoms with Crippen LogP contribution in [0.3, 0.4) is 0 Å². The van der Waals surface area contributed by atoms with Crippen molar-refractivity contribution < 1.29 is 22.7 Å².